The first kappa shape index (κ1) is 86.0. The van der Waals surface area contributed by atoms with Crippen LogP contribution in [-0.2, 0) is 128 Å². The summed E-state index contributed by atoms with van der Waals surface area (Å²) >= 11 is 0. The minimum atomic E-state index is -1.37. The lowest BCUT2D eigenvalue weighted by Crippen LogP contribution is -2.59. The van der Waals surface area contributed by atoms with Crippen molar-refractivity contribution >= 4 is 47.6 Å². The molecule has 0 saturated heterocycles. The minimum Gasteiger partial charge on any atom is -0.481 e. The van der Waals surface area contributed by atoms with Crippen LogP contribution in [0, 0.1) is 0 Å². The van der Waals surface area contributed by atoms with E-state index >= 15 is 0 Å². The van der Waals surface area contributed by atoms with E-state index in [0.717, 1.165) is 0 Å². The number of carbonyl (C=O) groups excluding carboxylic acids is 2. The minimum absolute atomic E-state index is 0.0265. The van der Waals surface area contributed by atoms with E-state index in [0.29, 0.717) is 132 Å². The third kappa shape index (κ3) is 62.2. The van der Waals surface area contributed by atoms with Crippen molar-refractivity contribution in [1.82, 2.24) is 10.6 Å². The molecule has 0 aliphatic carbocycles. The third-order valence-electron chi connectivity index (χ3n) is 11.3. The molecular formula is C56H100N2O33. The molecule has 0 aromatic carbocycles. The molecule has 0 radical (unpaired) electrons. The third-order valence-corrected chi connectivity index (χ3v) is 11.3. The molecule has 0 atom stereocenters. The highest BCUT2D eigenvalue weighted by atomic mass is 16.6. The fourth-order valence-corrected chi connectivity index (χ4v) is 6.82. The van der Waals surface area contributed by atoms with Gasteiger partial charge in [0.2, 0.25) is 11.8 Å². The molecular weight excluding hydrogens is 1230 g/mol. The highest BCUT2D eigenvalue weighted by Crippen LogP contribution is 2.13. The van der Waals surface area contributed by atoms with Crippen LogP contribution in [0.25, 0.3) is 0 Å². The molecule has 0 rings (SSSR count). The zero-order valence-corrected chi connectivity index (χ0v) is 52.2. The maximum atomic E-state index is 12.9. The number of carboxylic acid groups (broad SMARTS) is 6. The second kappa shape index (κ2) is 62.4. The molecule has 0 aliphatic rings. The van der Waals surface area contributed by atoms with Crippen LogP contribution in [-0.4, -0.2) is 340 Å². The Balaban J connectivity index is 3.79. The molecule has 0 saturated carbocycles. The Bertz CT molecular complexity index is 1600. The summed E-state index contributed by atoms with van der Waals surface area (Å²) in [5.74, 6) is -7.57. The van der Waals surface area contributed by atoms with E-state index in [9.17, 15) is 38.4 Å². The van der Waals surface area contributed by atoms with E-state index in [2.05, 4.69) is 10.6 Å². The highest BCUT2D eigenvalue weighted by molar-refractivity contribution is 5.77. The van der Waals surface area contributed by atoms with Gasteiger partial charge in [0, 0.05) is 12.8 Å². The van der Waals surface area contributed by atoms with Gasteiger partial charge >= 0.3 is 35.8 Å². The summed E-state index contributed by atoms with van der Waals surface area (Å²) in [7, 11) is 0. The SMILES string of the molecule is O=C(O)CCOCC(COCCC(=O)O)(COCCC(=O)O)NC(=O)CCOCCOCCOCCOCCOCCOCCOCCOCCOCCOCCOCCOCCOCCC(=O)NC(COCCC(=O)O)(COCCC(=O)O)COCCC(=O)O. The molecule has 0 aliphatic heterocycles. The fourth-order valence-electron chi connectivity index (χ4n) is 6.82. The van der Waals surface area contributed by atoms with Crippen LogP contribution in [0.1, 0.15) is 51.4 Å². The summed E-state index contributed by atoms with van der Waals surface area (Å²) < 4.78 is 104. The van der Waals surface area contributed by atoms with Gasteiger partial charge in [0.05, 0.1) is 290 Å². The van der Waals surface area contributed by atoms with Crippen LogP contribution >= 0.6 is 0 Å². The number of hydrogen-bond donors (Lipinski definition) is 8. The first-order valence-corrected chi connectivity index (χ1v) is 29.9. The molecule has 0 bridgehead atoms. The lowest BCUT2D eigenvalue weighted by Gasteiger charge is -2.34. The van der Waals surface area contributed by atoms with E-state index in [1.165, 1.54) is 0 Å². The number of carboxylic acids is 6. The number of hydrogen-bond acceptors (Lipinski definition) is 27. The standard InChI is InChI=1S/C56H100N2O33/c59-47(57-55(41-86-11-3-49(61)62,42-87-12-4-50(63)64)43-88-13-5-51(65)66)1-9-73-17-19-75-21-23-77-25-27-79-29-31-81-33-35-83-37-39-85-40-38-84-36-34-82-32-30-80-28-26-78-24-22-76-20-18-74-10-2-48(60)58-56(44-89-14-6-52(67)68,45-90-15-7-53(69)70)46-91-16-8-54(71)72/h1-46H2,(H,57,59)(H,58,60)(H,61,62)(H,63,64)(H,65,66)(H,67,68)(H,69,70)(H,71,72). The van der Waals surface area contributed by atoms with Crippen LogP contribution in [0.2, 0.25) is 0 Å². The van der Waals surface area contributed by atoms with Crippen molar-refractivity contribution < 1.29 is 159 Å². The maximum Gasteiger partial charge on any atom is 0.305 e. The lowest BCUT2D eigenvalue weighted by atomic mass is 10.0. The van der Waals surface area contributed by atoms with Crippen molar-refractivity contribution in [1.29, 1.82) is 0 Å². The maximum absolute atomic E-state index is 12.9. The molecule has 0 fully saturated rings. The fraction of sp³-hybridized carbons (Fsp3) is 0.857. The van der Waals surface area contributed by atoms with E-state index in [-0.39, 0.29) is 170 Å². The van der Waals surface area contributed by atoms with E-state index in [1.54, 1.807) is 0 Å². The molecule has 35 heteroatoms. The van der Waals surface area contributed by atoms with Gasteiger partial charge in [-0.25, -0.2) is 0 Å². The number of amides is 2. The highest BCUT2D eigenvalue weighted by Gasteiger charge is 2.35. The van der Waals surface area contributed by atoms with Crippen LogP contribution in [0.3, 0.4) is 0 Å². The summed E-state index contributed by atoms with van der Waals surface area (Å²) in [4.78, 5) is 91.4. The predicted octanol–water partition coefficient (Wildman–Crippen LogP) is -1.36. The van der Waals surface area contributed by atoms with E-state index in [4.69, 9.17) is 121 Å². The Morgan fingerprint density at radius 2 is 0.308 bits per heavy atom. The Morgan fingerprint density at radius 1 is 0.187 bits per heavy atom. The zero-order chi connectivity index (χ0) is 67.0. The van der Waals surface area contributed by atoms with Crippen LogP contribution < -0.4 is 10.6 Å². The molecule has 35 nitrogen and oxygen atoms in total. The van der Waals surface area contributed by atoms with Crippen LogP contribution in [0.4, 0.5) is 0 Å². The second-order valence-corrected chi connectivity index (χ2v) is 19.3. The second-order valence-electron chi connectivity index (χ2n) is 19.3. The van der Waals surface area contributed by atoms with Crippen molar-refractivity contribution in [3.63, 3.8) is 0 Å². The van der Waals surface area contributed by atoms with Crippen molar-refractivity contribution in [2.45, 2.75) is 62.4 Å². The number of nitrogens with one attached hydrogen (secondary N) is 2. The summed E-state index contributed by atoms with van der Waals surface area (Å²) in [6, 6.07) is 0. The monoisotopic (exact) mass is 1330 g/mol. The molecule has 2 amide bonds. The first-order chi connectivity index (χ1) is 44.0. The molecule has 0 unspecified atom stereocenters. The van der Waals surface area contributed by atoms with E-state index in [1.807, 2.05) is 0 Å². The summed E-state index contributed by atoms with van der Waals surface area (Å²) in [6.07, 6.45) is -2.04. The van der Waals surface area contributed by atoms with Crippen molar-refractivity contribution in [3.05, 3.63) is 0 Å². The molecule has 532 valence electrons. The van der Waals surface area contributed by atoms with Crippen molar-refractivity contribution in [3.8, 4) is 0 Å². The normalized spacial score (nSPS) is 11.7. The van der Waals surface area contributed by atoms with Gasteiger partial charge in [-0.1, -0.05) is 0 Å². The average molecular weight is 1330 g/mol. The first-order valence-electron chi connectivity index (χ1n) is 29.9. The molecule has 91 heavy (non-hydrogen) atoms. The molecule has 0 aromatic rings. The Morgan fingerprint density at radius 3 is 0.440 bits per heavy atom. The Hall–Kier alpha value is -5.00. The molecule has 0 spiro atoms. The topological polar surface area (TPSA) is 457 Å². The van der Waals surface area contributed by atoms with Gasteiger partial charge in [-0.2, -0.15) is 0 Å². The van der Waals surface area contributed by atoms with Crippen molar-refractivity contribution in [2.75, 3.05) is 251 Å². The smallest absolute Gasteiger partial charge is 0.305 e. The summed E-state index contributed by atoms with van der Waals surface area (Å²) in [6.45, 7) is 5.82. The Labute approximate surface area is 529 Å². The quantitative estimate of drug-likeness (QED) is 0.0326. The number of ether oxygens (including phenoxy) is 19. The van der Waals surface area contributed by atoms with Crippen molar-refractivity contribution in [2.24, 2.45) is 0 Å². The molecule has 0 heterocycles. The van der Waals surface area contributed by atoms with Crippen LogP contribution in [0.15, 0.2) is 0 Å². The molecule has 0 aromatic heterocycles. The molecule has 8 N–H and O–H groups in total. The number of carbonyl (C=O) groups is 8. The van der Waals surface area contributed by atoms with Gasteiger partial charge in [-0.3, -0.25) is 38.4 Å². The summed E-state index contributed by atoms with van der Waals surface area (Å²) in [5, 5.41) is 59.2. The summed E-state index contributed by atoms with van der Waals surface area (Å²) in [5.41, 5.74) is -2.74. The number of rotatable bonds is 74. The van der Waals surface area contributed by atoms with Gasteiger partial charge in [0.15, 0.2) is 0 Å². The van der Waals surface area contributed by atoms with Crippen LogP contribution in [0.5, 0.6) is 0 Å². The number of aliphatic carboxylic acids is 6. The largest absolute Gasteiger partial charge is 0.481 e. The zero-order valence-electron chi connectivity index (χ0n) is 52.2. The van der Waals surface area contributed by atoms with E-state index < -0.39 is 58.7 Å². The predicted molar refractivity (Wildman–Crippen MR) is 310 cm³/mol. The lowest BCUT2D eigenvalue weighted by molar-refractivity contribution is -0.142. The Kier molecular flexibility index (Phi) is 59.0. The average Bonchev–Trinajstić information content (AvgIpc) is 1.89. The van der Waals surface area contributed by atoms with Gasteiger partial charge in [0.25, 0.3) is 0 Å². The van der Waals surface area contributed by atoms with Gasteiger partial charge < -0.3 is 131 Å². The van der Waals surface area contributed by atoms with Gasteiger partial charge in [-0.05, 0) is 0 Å². The van der Waals surface area contributed by atoms with Gasteiger partial charge in [-0.15, -0.1) is 0 Å². The van der Waals surface area contributed by atoms with Gasteiger partial charge in [0.1, 0.15) is 11.1 Å².